The first-order chi connectivity index (χ1) is 32.2. The van der Waals surface area contributed by atoms with E-state index in [1.165, 1.54) is 22.3 Å². The summed E-state index contributed by atoms with van der Waals surface area (Å²) in [6.45, 7) is 27.0. The maximum Gasteiger partial charge on any atom is 0.128 e. The molecule has 1 aromatic heterocycles. The Labute approximate surface area is 405 Å². The maximum atomic E-state index is 12.6. The van der Waals surface area contributed by atoms with Crippen molar-refractivity contribution in [3.63, 3.8) is 0 Å². The molecule has 8 aromatic rings. The van der Waals surface area contributed by atoms with Gasteiger partial charge in [0.1, 0.15) is 5.75 Å². The Morgan fingerprint density at radius 1 is 0.382 bits per heavy atom. The van der Waals surface area contributed by atoms with Gasteiger partial charge in [-0.25, -0.2) is 0 Å². The van der Waals surface area contributed by atoms with Crippen molar-refractivity contribution >= 4 is 11.4 Å². The first kappa shape index (κ1) is 46.3. The molecular formula is C65H66N2O. The Balaban J connectivity index is 1.31. The van der Waals surface area contributed by atoms with Crippen LogP contribution in [0, 0.1) is 0 Å². The topological polar surface area (TPSA) is 45.5 Å². The molecule has 0 saturated carbocycles. The number of pyridine rings is 1. The maximum absolute atomic E-state index is 12.6. The second kappa shape index (κ2) is 17.4. The van der Waals surface area contributed by atoms with Crippen LogP contribution in [0.5, 0.6) is 5.75 Å². The van der Waals surface area contributed by atoms with Gasteiger partial charge in [-0.1, -0.05) is 223 Å². The third kappa shape index (κ3) is 8.99. The zero-order chi connectivity index (χ0) is 48.3. The summed E-state index contributed by atoms with van der Waals surface area (Å²) in [4.78, 5) is 11.0. The Kier molecular flexibility index (Phi) is 11.8. The lowest BCUT2D eigenvalue weighted by molar-refractivity contribution is 0.443. The Hall–Kier alpha value is -6.84. The van der Waals surface area contributed by atoms with Crippen LogP contribution in [0.2, 0.25) is 0 Å². The van der Waals surface area contributed by atoms with Gasteiger partial charge in [0.2, 0.25) is 0 Å². The highest BCUT2D eigenvalue weighted by atomic mass is 16.3. The first-order valence-corrected chi connectivity index (χ1v) is 24.2. The number of aromatic hydroxyl groups is 1. The van der Waals surface area contributed by atoms with E-state index >= 15 is 0 Å². The van der Waals surface area contributed by atoms with Crippen LogP contribution in [-0.4, -0.2) is 15.8 Å². The Bertz CT molecular complexity index is 3190. The van der Waals surface area contributed by atoms with E-state index < -0.39 is 0 Å². The number of hydrogen-bond acceptors (Lipinski definition) is 3. The highest BCUT2D eigenvalue weighted by Gasteiger charge is 2.37. The molecule has 2 heterocycles. The van der Waals surface area contributed by atoms with Gasteiger partial charge in [-0.05, 0) is 107 Å². The summed E-state index contributed by atoms with van der Waals surface area (Å²) in [7, 11) is 0. The van der Waals surface area contributed by atoms with E-state index in [2.05, 4.69) is 247 Å². The molecule has 0 fully saturated rings. The number of fused-ring (bicyclic) bond motifs is 1. The molecule has 342 valence electrons. The van der Waals surface area contributed by atoms with Gasteiger partial charge in [-0.2, -0.15) is 0 Å². The predicted octanol–water partition coefficient (Wildman–Crippen LogP) is 17.6. The van der Waals surface area contributed by atoms with Crippen molar-refractivity contribution in [2.45, 2.75) is 111 Å². The summed E-state index contributed by atoms with van der Waals surface area (Å²) in [6, 6.07) is 59.3. The first-order valence-electron chi connectivity index (χ1n) is 24.2. The van der Waals surface area contributed by atoms with Crippen LogP contribution in [0.1, 0.15) is 128 Å². The van der Waals surface area contributed by atoms with Gasteiger partial charge in [0, 0.05) is 34.0 Å². The van der Waals surface area contributed by atoms with E-state index in [0.717, 1.165) is 83.9 Å². The van der Waals surface area contributed by atoms with E-state index in [1.807, 2.05) is 6.20 Å². The van der Waals surface area contributed by atoms with Crippen LogP contribution in [0.3, 0.4) is 0 Å². The smallest absolute Gasteiger partial charge is 0.128 e. The lowest BCUT2D eigenvalue weighted by Gasteiger charge is -2.29. The number of benzene rings is 7. The van der Waals surface area contributed by atoms with Gasteiger partial charge in [0.05, 0.1) is 23.0 Å². The zero-order valence-electron chi connectivity index (χ0n) is 42.1. The largest absolute Gasteiger partial charge is 0.507 e. The number of hydrogen-bond donors (Lipinski definition) is 1. The monoisotopic (exact) mass is 891 g/mol. The van der Waals surface area contributed by atoms with Crippen LogP contribution in [0.15, 0.2) is 175 Å². The van der Waals surface area contributed by atoms with Crippen LogP contribution >= 0.6 is 0 Å². The molecule has 0 amide bonds. The average Bonchev–Trinajstić information content (AvgIpc) is 3.70. The predicted molar refractivity (Wildman–Crippen MR) is 289 cm³/mol. The minimum Gasteiger partial charge on any atom is -0.507 e. The lowest BCUT2D eigenvalue weighted by Crippen LogP contribution is -2.20. The number of rotatable bonds is 7. The summed E-state index contributed by atoms with van der Waals surface area (Å²) < 4.78 is 0. The van der Waals surface area contributed by atoms with Crippen molar-refractivity contribution in [3.05, 3.63) is 209 Å². The van der Waals surface area contributed by atoms with Crippen molar-refractivity contribution in [3.8, 4) is 61.5 Å². The molecule has 1 atom stereocenters. The average molecular weight is 891 g/mol. The molecule has 9 rings (SSSR count). The fraction of sp³-hybridized carbons (Fsp3) is 0.262. The van der Waals surface area contributed by atoms with Crippen LogP contribution in [-0.2, 0) is 21.7 Å². The Morgan fingerprint density at radius 3 is 1.49 bits per heavy atom. The molecule has 1 aliphatic heterocycles. The van der Waals surface area contributed by atoms with Gasteiger partial charge in [0.15, 0.2) is 0 Å². The second-order valence-electron chi connectivity index (χ2n) is 22.9. The summed E-state index contributed by atoms with van der Waals surface area (Å²) >= 11 is 0. The molecule has 1 unspecified atom stereocenters. The summed E-state index contributed by atoms with van der Waals surface area (Å²) in [5.74, 6) is 0.0291. The number of aliphatic imine (C=N–C) groups is 1. The quantitative estimate of drug-likeness (QED) is 0.173. The number of phenols is 1. The Morgan fingerprint density at radius 2 is 0.912 bits per heavy atom. The van der Waals surface area contributed by atoms with Crippen molar-refractivity contribution in [2.24, 2.45) is 4.99 Å². The number of para-hydroxylation sites is 1. The van der Waals surface area contributed by atoms with E-state index in [0.29, 0.717) is 5.75 Å². The molecule has 3 nitrogen and oxygen atoms in total. The van der Waals surface area contributed by atoms with E-state index in [9.17, 15) is 5.11 Å². The lowest BCUT2D eigenvalue weighted by atomic mass is 9.75. The minimum absolute atomic E-state index is 0.0605. The summed E-state index contributed by atoms with van der Waals surface area (Å²) in [5, 5.41) is 12.6. The van der Waals surface area contributed by atoms with Crippen molar-refractivity contribution < 1.29 is 5.11 Å². The summed E-state index contributed by atoms with van der Waals surface area (Å²) in [5.41, 5.74) is 19.7. The van der Waals surface area contributed by atoms with Crippen LogP contribution in [0.4, 0.5) is 5.69 Å². The molecular weight excluding hydrogens is 825 g/mol. The molecule has 1 N–H and O–H groups in total. The molecule has 0 spiro atoms. The fourth-order valence-electron chi connectivity index (χ4n) is 9.67. The molecule has 0 aliphatic carbocycles. The number of phenolic OH excluding ortho intramolecular Hbond substituents is 1. The SMILES string of the molecule is CC(C)(C)c1cc(-c2cc(-c3ccccc3)c(-c3ccccc3)cn2)cc(-c2cccc3c2N=C(c2cc(C(C)(C)C)cc(C(C)(C)C)c2O)C3c2ccc(C(C)(C)C)cc2-c2ccccc2)c1. The summed E-state index contributed by atoms with van der Waals surface area (Å²) in [6.07, 6.45) is 2.04. The molecule has 7 aromatic carbocycles. The minimum atomic E-state index is -0.312. The van der Waals surface area contributed by atoms with Gasteiger partial charge in [0.25, 0.3) is 0 Å². The number of aromatic nitrogens is 1. The number of nitrogens with zero attached hydrogens (tertiary/aromatic N) is 2. The van der Waals surface area contributed by atoms with Crippen LogP contribution < -0.4 is 0 Å². The third-order valence-electron chi connectivity index (χ3n) is 13.7. The van der Waals surface area contributed by atoms with E-state index in [-0.39, 0.29) is 27.6 Å². The zero-order valence-corrected chi connectivity index (χ0v) is 42.1. The van der Waals surface area contributed by atoms with Gasteiger partial charge in [-0.15, -0.1) is 0 Å². The van der Waals surface area contributed by atoms with E-state index in [1.54, 1.807) is 0 Å². The standard InChI is InChI=1S/C65H66N2O/c1-62(2,3)46-31-32-50(52(36-46)41-23-16-13-17-24-41)58-51-30-22-29-49(59(51)67-60(58)54-37-48(64(7,8)9)38-56(61(54)68)65(10,11)12)44-33-45(35-47(34-44)63(4,5)6)57-39-53(42-25-18-14-19-26-42)55(40-66-57)43-27-20-15-21-28-43/h13-40,58,68H,1-12H3. The van der Waals surface area contributed by atoms with Crippen LogP contribution in [0.25, 0.3) is 55.8 Å². The van der Waals surface area contributed by atoms with Gasteiger partial charge in [-0.3, -0.25) is 9.98 Å². The van der Waals surface area contributed by atoms with Crippen molar-refractivity contribution in [1.82, 2.24) is 4.98 Å². The molecule has 68 heavy (non-hydrogen) atoms. The highest BCUT2D eigenvalue weighted by molar-refractivity contribution is 6.15. The normalized spacial score (nSPS) is 14.2. The highest BCUT2D eigenvalue weighted by Crippen LogP contribution is 2.52. The van der Waals surface area contributed by atoms with Crippen molar-refractivity contribution in [1.29, 1.82) is 0 Å². The van der Waals surface area contributed by atoms with E-state index in [4.69, 9.17) is 9.98 Å². The molecule has 1 aliphatic rings. The molecule has 0 radical (unpaired) electrons. The second-order valence-corrected chi connectivity index (χ2v) is 22.9. The third-order valence-corrected chi connectivity index (χ3v) is 13.7. The van der Waals surface area contributed by atoms with Gasteiger partial charge >= 0.3 is 0 Å². The molecule has 0 bridgehead atoms. The van der Waals surface area contributed by atoms with Crippen molar-refractivity contribution in [2.75, 3.05) is 0 Å². The molecule has 0 saturated heterocycles. The molecule has 3 heteroatoms. The van der Waals surface area contributed by atoms with Gasteiger partial charge < -0.3 is 5.11 Å². The fourth-order valence-corrected chi connectivity index (χ4v) is 9.67.